The molecular formula is C67H39N5O2. The third-order valence-corrected chi connectivity index (χ3v) is 14.9. The van der Waals surface area contributed by atoms with E-state index in [4.69, 9.17) is 23.8 Å². The number of hydrogen-bond donors (Lipinski definition) is 0. The molecule has 6 aromatic heterocycles. The Morgan fingerprint density at radius 1 is 0.311 bits per heavy atom. The molecule has 0 N–H and O–H groups in total. The Hall–Kier alpha value is -10.1. The average Bonchev–Trinajstić information content (AvgIpc) is 4.25. The zero-order valence-corrected chi connectivity index (χ0v) is 39.6. The molecule has 0 aliphatic heterocycles. The molecule has 7 nitrogen and oxygen atoms in total. The third kappa shape index (κ3) is 5.92. The van der Waals surface area contributed by atoms with E-state index in [2.05, 4.69) is 203 Å². The summed E-state index contributed by atoms with van der Waals surface area (Å²) >= 11 is 0. The van der Waals surface area contributed by atoms with Crippen LogP contribution >= 0.6 is 0 Å². The van der Waals surface area contributed by atoms with Crippen LogP contribution in [-0.2, 0) is 0 Å². The van der Waals surface area contributed by atoms with Gasteiger partial charge in [-0.15, -0.1) is 0 Å². The maximum absolute atomic E-state index is 6.74. The second-order valence-corrected chi connectivity index (χ2v) is 19.0. The number of benzene rings is 10. The van der Waals surface area contributed by atoms with Crippen molar-refractivity contribution in [3.63, 3.8) is 0 Å². The topological polar surface area (TPSA) is 74.8 Å². The van der Waals surface area contributed by atoms with Crippen molar-refractivity contribution in [2.24, 2.45) is 0 Å². The summed E-state index contributed by atoms with van der Waals surface area (Å²) in [5.41, 5.74) is 18.1. The molecular weight excluding hydrogens is 907 g/mol. The maximum atomic E-state index is 6.74. The average molecular weight is 946 g/mol. The van der Waals surface area contributed by atoms with Crippen molar-refractivity contribution in [1.82, 2.24) is 24.1 Å². The quantitative estimate of drug-likeness (QED) is 0.166. The summed E-state index contributed by atoms with van der Waals surface area (Å²) in [6.07, 6.45) is 1.98. The standard InChI is InChI=1S/C67H39N5O2/c1-3-17-40(18-4-1)60-61(41-19-5-2-6-20-41)70-63-59(43-22-16-24-45(38-43)72-56-30-12-8-26-47(56)51-34-36-53-49-28-10-14-32-58(49)74-67(53)65(51)72)68-39-54(62(63)69-60)42-21-15-23-44(37-42)71-55-29-11-7-25-46(55)50-33-35-52-48-27-9-13-31-57(48)73-66(52)64(50)71/h1-39H. The van der Waals surface area contributed by atoms with Crippen molar-refractivity contribution in [3.8, 4) is 56.3 Å². The molecule has 6 heterocycles. The maximum Gasteiger partial charge on any atom is 0.160 e. The predicted octanol–water partition coefficient (Wildman–Crippen LogP) is 17.7. The van der Waals surface area contributed by atoms with Gasteiger partial charge in [0.25, 0.3) is 0 Å². The van der Waals surface area contributed by atoms with Gasteiger partial charge in [0.05, 0.1) is 39.1 Å². The zero-order valence-electron chi connectivity index (χ0n) is 39.6. The van der Waals surface area contributed by atoms with Crippen molar-refractivity contribution in [2.75, 3.05) is 0 Å². The second kappa shape index (κ2) is 15.7. The highest BCUT2D eigenvalue weighted by Gasteiger charge is 2.24. The highest BCUT2D eigenvalue weighted by atomic mass is 16.3. The minimum absolute atomic E-state index is 0.700. The predicted molar refractivity (Wildman–Crippen MR) is 302 cm³/mol. The van der Waals surface area contributed by atoms with Crippen LogP contribution in [0.4, 0.5) is 0 Å². The van der Waals surface area contributed by atoms with Gasteiger partial charge in [-0.25, -0.2) is 9.97 Å². The van der Waals surface area contributed by atoms with Crippen LogP contribution in [0.2, 0.25) is 0 Å². The Balaban J connectivity index is 0.947. The molecule has 0 radical (unpaired) electrons. The smallest absolute Gasteiger partial charge is 0.160 e. The lowest BCUT2D eigenvalue weighted by Gasteiger charge is -2.16. The van der Waals surface area contributed by atoms with Gasteiger partial charge >= 0.3 is 0 Å². The lowest BCUT2D eigenvalue weighted by molar-refractivity contribution is 0.670. The molecule has 0 spiro atoms. The van der Waals surface area contributed by atoms with Crippen molar-refractivity contribution in [1.29, 1.82) is 0 Å². The van der Waals surface area contributed by atoms with Crippen LogP contribution in [0.3, 0.4) is 0 Å². The van der Waals surface area contributed by atoms with E-state index in [1.807, 2.05) is 42.6 Å². The van der Waals surface area contributed by atoms with Gasteiger partial charge in [0.2, 0.25) is 0 Å². The molecule has 0 atom stereocenters. The highest BCUT2D eigenvalue weighted by molar-refractivity contribution is 6.23. The van der Waals surface area contributed by atoms with Crippen LogP contribution in [0.25, 0.3) is 155 Å². The Labute approximate surface area is 422 Å². The van der Waals surface area contributed by atoms with E-state index in [-0.39, 0.29) is 0 Å². The minimum Gasteiger partial charge on any atom is -0.454 e. The van der Waals surface area contributed by atoms with Crippen LogP contribution in [0.15, 0.2) is 246 Å². The number of hydrogen-bond acceptors (Lipinski definition) is 5. The fourth-order valence-corrected chi connectivity index (χ4v) is 11.7. The molecule has 10 aromatic carbocycles. The molecule has 74 heavy (non-hydrogen) atoms. The molecule has 0 aliphatic rings. The van der Waals surface area contributed by atoms with Gasteiger partial charge in [0.15, 0.2) is 11.2 Å². The summed E-state index contributed by atoms with van der Waals surface area (Å²) in [4.78, 5) is 16.8. The van der Waals surface area contributed by atoms with Gasteiger partial charge < -0.3 is 18.0 Å². The Bertz CT molecular complexity index is 4650. The van der Waals surface area contributed by atoms with Gasteiger partial charge in [0, 0.05) is 82.9 Å². The molecule has 0 bridgehead atoms. The first-order valence-electron chi connectivity index (χ1n) is 24.9. The van der Waals surface area contributed by atoms with Gasteiger partial charge in [0.1, 0.15) is 22.2 Å². The highest BCUT2D eigenvalue weighted by Crippen LogP contribution is 2.44. The summed E-state index contributed by atoms with van der Waals surface area (Å²) in [5.74, 6) is 0. The van der Waals surface area contributed by atoms with Gasteiger partial charge in [-0.1, -0.05) is 170 Å². The summed E-state index contributed by atoms with van der Waals surface area (Å²) in [7, 11) is 0. The SMILES string of the molecule is c1ccc(-c2nc3c(-c4cccc(-n5c6ccccc6c6ccc7c8ccccc8oc7c65)c4)cnc(-c4cccc(-n5c6ccccc6c6ccc7c8ccccc8oc7c65)c4)c3nc2-c2ccccc2)cc1. The van der Waals surface area contributed by atoms with Crippen molar-refractivity contribution < 1.29 is 8.83 Å². The largest absolute Gasteiger partial charge is 0.454 e. The third-order valence-electron chi connectivity index (χ3n) is 14.9. The lowest BCUT2D eigenvalue weighted by Crippen LogP contribution is -2.01. The summed E-state index contributed by atoms with van der Waals surface area (Å²) in [6, 6.07) is 80.7. The molecule has 7 heteroatoms. The Morgan fingerprint density at radius 2 is 0.743 bits per heavy atom. The Morgan fingerprint density at radius 3 is 1.30 bits per heavy atom. The lowest BCUT2D eigenvalue weighted by atomic mass is 9.99. The first-order valence-corrected chi connectivity index (χ1v) is 24.9. The number of para-hydroxylation sites is 4. The summed E-state index contributed by atoms with van der Waals surface area (Å²) < 4.78 is 18.2. The van der Waals surface area contributed by atoms with E-state index < -0.39 is 0 Å². The van der Waals surface area contributed by atoms with Gasteiger partial charge in [-0.2, -0.15) is 0 Å². The van der Waals surface area contributed by atoms with Crippen LogP contribution in [-0.4, -0.2) is 24.1 Å². The molecule has 0 amide bonds. The van der Waals surface area contributed by atoms with Crippen LogP contribution in [0, 0.1) is 0 Å². The summed E-state index contributed by atoms with van der Waals surface area (Å²) in [6.45, 7) is 0. The molecule has 0 saturated heterocycles. The molecule has 0 saturated carbocycles. The number of fused-ring (bicyclic) bond motifs is 15. The first kappa shape index (κ1) is 40.6. The molecule has 16 rings (SSSR count). The van der Waals surface area contributed by atoms with Crippen molar-refractivity contribution >= 4 is 98.5 Å². The first-order chi connectivity index (χ1) is 36.7. The van der Waals surface area contributed by atoms with E-state index in [1.165, 1.54) is 0 Å². The molecule has 16 aromatic rings. The van der Waals surface area contributed by atoms with Crippen LogP contribution in [0.1, 0.15) is 0 Å². The molecule has 344 valence electrons. The number of aromatic nitrogens is 5. The van der Waals surface area contributed by atoms with E-state index >= 15 is 0 Å². The zero-order chi connectivity index (χ0) is 48.4. The number of pyridine rings is 1. The minimum atomic E-state index is 0.700. The van der Waals surface area contributed by atoms with E-state index in [0.29, 0.717) is 5.52 Å². The number of furan rings is 2. The molecule has 0 aliphatic carbocycles. The van der Waals surface area contributed by atoms with Gasteiger partial charge in [-0.3, -0.25) is 4.98 Å². The van der Waals surface area contributed by atoms with Crippen molar-refractivity contribution in [3.05, 3.63) is 237 Å². The van der Waals surface area contributed by atoms with E-state index in [0.717, 1.165) is 149 Å². The Kier molecular flexibility index (Phi) is 8.61. The van der Waals surface area contributed by atoms with Crippen LogP contribution < -0.4 is 0 Å². The van der Waals surface area contributed by atoms with Gasteiger partial charge in [-0.05, 0) is 66.2 Å². The fourth-order valence-electron chi connectivity index (χ4n) is 11.7. The molecule has 0 fully saturated rings. The normalized spacial score (nSPS) is 12.1. The van der Waals surface area contributed by atoms with Crippen molar-refractivity contribution in [2.45, 2.75) is 0 Å². The number of rotatable bonds is 6. The monoisotopic (exact) mass is 945 g/mol. The summed E-state index contributed by atoms with van der Waals surface area (Å²) in [5, 5.41) is 8.93. The number of nitrogens with zero attached hydrogens (tertiary/aromatic N) is 5. The van der Waals surface area contributed by atoms with E-state index in [1.54, 1.807) is 0 Å². The fraction of sp³-hybridized carbons (Fsp3) is 0. The van der Waals surface area contributed by atoms with E-state index in [9.17, 15) is 0 Å². The second-order valence-electron chi connectivity index (χ2n) is 19.0. The molecule has 0 unspecified atom stereocenters. The van der Waals surface area contributed by atoms with Crippen LogP contribution in [0.5, 0.6) is 0 Å².